The lowest BCUT2D eigenvalue weighted by atomic mass is 10.0. The molecular formula is C17H36N2O2. The third-order valence-electron chi connectivity index (χ3n) is 3.76. The van der Waals surface area contributed by atoms with E-state index < -0.39 is 6.04 Å². The summed E-state index contributed by atoms with van der Waals surface area (Å²) in [4.78, 5) is 11.6. The summed E-state index contributed by atoms with van der Waals surface area (Å²) in [6.45, 7) is 3.40. The molecule has 0 radical (unpaired) electrons. The minimum atomic E-state index is -0.432. The maximum Gasteiger partial charge on any atom is 0.322 e. The van der Waals surface area contributed by atoms with E-state index >= 15 is 0 Å². The van der Waals surface area contributed by atoms with Gasteiger partial charge in [-0.3, -0.25) is 4.79 Å². The monoisotopic (exact) mass is 300 g/mol. The van der Waals surface area contributed by atoms with E-state index in [9.17, 15) is 4.79 Å². The number of unbranched alkanes of at least 4 members (excludes halogenated alkanes) is 9. The molecule has 0 bridgehead atoms. The van der Waals surface area contributed by atoms with Gasteiger partial charge >= 0.3 is 5.97 Å². The third kappa shape index (κ3) is 14.1. The first-order valence-corrected chi connectivity index (χ1v) is 8.84. The van der Waals surface area contributed by atoms with Crippen molar-refractivity contribution in [2.75, 3.05) is 13.2 Å². The molecule has 21 heavy (non-hydrogen) atoms. The Balaban J connectivity index is 3.28. The van der Waals surface area contributed by atoms with Gasteiger partial charge in [-0.1, -0.05) is 64.7 Å². The molecule has 1 atom stereocenters. The number of esters is 1. The van der Waals surface area contributed by atoms with E-state index in [-0.39, 0.29) is 5.97 Å². The van der Waals surface area contributed by atoms with E-state index in [4.69, 9.17) is 16.2 Å². The van der Waals surface area contributed by atoms with Gasteiger partial charge in [0.05, 0.1) is 6.61 Å². The number of hydrogen-bond acceptors (Lipinski definition) is 4. The maximum atomic E-state index is 11.6. The number of hydrogen-bond donors (Lipinski definition) is 2. The Morgan fingerprint density at radius 1 is 0.905 bits per heavy atom. The van der Waals surface area contributed by atoms with Crippen molar-refractivity contribution < 1.29 is 9.53 Å². The molecule has 0 spiro atoms. The lowest BCUT2D eigenvalue weighted by molar-refractivity contribution is -0.145. The first-order valence-electron chi connectivity index (χ1n) is 8.84. The molecule has 4 heteroatoms. The van der Waals surface area contributed by atoms with Gasteiger partial charge in [-0.25, -0.2) is 0 Å². The Morgan fingerprint density at radius 2 is 1.43 bits per heavy atom. The fraction of sp³-hybridized carbons (Fsp3) is 0.941. The second kappa shape index (κ2) is 15.8. The molecule has 126 valence electrons. The van der Waals surface area contributed by atoms with E-state index in [1.165, 1.54) is 44.9 Å². The zero-order valence-electron chi connectivity index (χ0n) is 13.9. The Hall–Kier alpha value is -0.610. The number of carbonyl (C=O) groups excluding carboxylic acids is 1. The maximum absolute atomic E-state index is 11.6. The summed E-state index contributed by atoms with van der Waals surface area (Å²) in [5.41, 5.74) is 11.3. The molecule has 0 aromatic rings. The number of rotatable bonds is 15. The van der Waals surface area contributed by atoms with E-state index in [0.717, 1.165) is 38.6 Å². The van der Waals surface area contributed by atoms with Gasteiger partial charge in [0, 0.05) is 0 Å². The van der Waals surface area contributed by atoms with Crippen molar-refractivity contribution in [2.24, 2.45) is 11.5 Å². The van der Waals surface area contributed by atoms with Crippen LogP contribution in [-0.2, 0) is 9.53 Å². The first kappa shape index (κ1) is 20.4. The van der Waals surface area contributed by atoms with Crippen LogP contribution in [0.15, 0.2) is 0 Å². The van der Waals surface area contributed by atoms with Crippen molar-refractivity contribution in [1.29, 1.82) is 0 Å². The minimum Gasteiger partial charge on any atom is -0.465 e. The van der Waals surface area contributed by atoms with Crippen LogP contribution in [0.3, 0.4) is 0 Å². The van der Waals surface area contributed by atoms with Crippen LogP contribution >= 0.6 is 0 Å². The highest BCUT2D eigenvalue weighted by Crippen LogP contribution is 2.11. The van der Waals surface area contributed by atoms with Crippen LogP contribution in [0.2, 0.25) is 0 Å². The van der Waals surface area contributed by atoms with Crippen molar-refractivity contribution in [3.8, 4) is 0 Å². The van der Waals surface area contributed by atoms with Crippen molar-refractivity contribution in [3.63, 3.8) is 0 Å². The Bertz CT molecular complexity index is 235. The van der Waals surface area contributed by atoms with Crippen molar-refractivity contribution in [1.82, 2.24) is 0 Å². The average molecular weight is 300 g/mol. The molecule has 0 saturated heterocycles. The molecule has 4 nitrogen and oxygen atoms in total. The summed E-state index contributed by atoms with van der Waals surface area (Å²) in [5, 5.41) is 0. The highest BCUT2D eigenvalue weighted by Gasteiger charge is 2.13. The van der Waals surface area contributed by atoms with Crippen molar-refractivity contribution in [3.05, 3.63) is 0 Å². The Kier molecular flexibility index (Phi) is 15.3. The zero-order valence-corrected chi connectivity index (χ0v) is 13.9. The molecular weight excluding hydrogens is 264 g/mol. The molecule has 0 saturated carbocycles. The van der Waals surface area contributed by atoms with Gasteiger partial charge in [-0.05, 0) is 25.8 Å². The smallest absolute Gasteiger partial charge is 0.322 e. The van der Waals surface area contributed by atoms with E-state index in [1.54, 1.807) is 0 Å². The standard InChI is InChI=1S/C17H36N2O2/c1-2-3-15-21-17(20)16(19)13-11-9-7-5-4-6-8-10-12-14-18/h16H,2-15,18-19H2,1H3. The normalized spacial score (nSPS) is 12.3. The van der Waals surface area contributed by atoms with Crippen LogP contribution in [0.25, 0.3) is 0 Å². The van der Waals surface area contributed by atoms with Crippen molar-refractivity contribution >= 4 is 5.97 Å². The van der Waals surface area contributed by atoms with Crippen LogP contribution in [0.5, 0.6) is 0 Å². The molecule has 0 rings (SSSR count). The SMILES string of the molecule is CCCCOC(=O)C(N)CCCCCCCCCCCN. The molecule has 1 unspecified atom stereocenters. The first-order chi connectivity index (χ1) is 10.2. The fourth-order valence-corrected chi connectivity index (χ4v) is 2.29. The average Bonchev–Trinajstić information content (AvgIpc) is 2.49. The Labute approximate surface area is 131 Å². The van der Waals surface area contributed by atoms with Gasteiger partial charge in [0.15, 0.2) is 0 Å². The summed E-state index contributed by atoms with van der Waals surface area (Å²) in [7, 11) is 0. The summed E-state index contributed by atoms with van der Waals surface area (Å²) >= 11 is 0. The number of ether oxygens (including phenoxy) is 1. The van der Waals surface area contributed by atoms with Gasteiger partial charge in [-0.2, -0.15) is 0 Å². The summed E-state index contributed by atoms with van der Waals surface area (Å²) < 4.78 is 5.11. The number of carbonyl (C=O) groups is 1. The predicted molar refractivity (Wildman–Crippen MR) is 89.1 cm³/mol. The molecule has 0 aliphatic carbocycles. The Morgan fingerprint density at radius 3 is 1.95 bits per heavy atom. The van der Waals surface area contributed by atoms with Crippen LogP contribution < -0.4 is 11.5 Å². The van der Waals surface area contributed by atoms with Gasteiger partial charge in [0.25, 0.3) is 0 Å². The van der Waals surface area contributed by atoms with Crippen LogP contribution in [0.1, 0.15) is 84.0 Å². The second-order valence-corrected chi connectivity index (χ2v) is 5.89. The largest absolute Gasteiger partial charge is 0.465 e. The summed E-state index contributed by atoms with van der Waals surface area (Å²) in [6, 6.07) is -0.432. The van der Waals surface area contributed by atoms with Crippen molar-refractivity contribution in [2.45, 2.75) is 90.0 Å². The quantitative estimate of drug-likeness (QED) is 0.358. The van der Waals surface area contributed by atoms with E-state index in [0.29, 0.717) is 6.61 Å². The van der Waals surface area contributed by atoms with Gasteiger partial charge in [0.2, 0.25) is 0 Å². The highest BCUT2D eigenvalue weighted by molar-refractivity contribution is 5.75. The van der Waals surface area contributed by atoms with Gasteiger partial charge in [-0.15, -0.1) is 0 Å². The molecule has 0 aromatic carbocycles. The van der Waals surface area contributed by atoms with E-state index in [2.05, 4.69) is 6.92 Å². The summed E-state index contributed by atoms with van der Waals surface area (Å²) in [5.74, 6) is -0.233. The van der Waals surface area contributed by atoms with Gasteiger partial charge in [0.1, 0.15) is 6.04 Å². The third-order valence-corrected chi connectivity index (χ3v) is 3.76. The molecule has 4 N–H and O–H groups in total. The van der Waals surface area contributed by atoms with Crippen LogP contribution in [0, 0.1) is 0 Å². The zero-order chi connectivity index (χ0) is 15.8. The summed E-state index contributed by atoms with van der Waals surface area (Å²) in [6.07, 6.45) is 13.8. The van der Waals surface area contributed by atoms with Crippen LogP contribution in [-0.4, -0.2) is 25.2 Å². The lowest BCUT2D eigenvalue weighted by Gasteiger charge is -2.11. The molecule has 0 aromatic heterocycles. The molecule has 0 amide bonds. The van der Waals surface area contributed by atoms with Crippen LogP contribution in [0.4, 0.5) is 0 Å². The predicted octanol–water partition coefficient (Wildman–Crippen LogP) is 3.52. The van der Waals surface area contributed by atoms with E-state index in [1.807, 2.05) is 0 Å². The molecule has 0 fully saturated rings. The second-order valence-electron chi connectivity index (χ2n) is 5.89. The highest BCUT2D eigenvalue weighted by atomic mass is 16.5. The molecule has 0 heterocycles. The molecule has 0 aliphatic rings. The molecule has 0 aliphatic heterocycles. The lowest BCUT2D eigenvalue weighted by Crippen LogP contribution is -2.32. The topological polar surface area (TPSA) is 78.3 Å². The fourth-order valence-electron chi connectivity index (χ4n) is 2.29. The minimum absolute atomic E-state index is 0.233. The number of nitrogens with two attached hydrogens (primary N) is 2. The van der Waals surface area contributed by atoms with Gasteiger partial charge < -0.3 is 16.2 Å².